The number of aliphatic carboxylic acids is 2. The quantitative estimate of drug-likeness (QED) is 0.304. The minimum Gasteiger partial charge on any atom is -0.481 e. The molecule has 4 N–H and O–H groups in total. The lowest BCUT2D eigenvalue weighted by Crippen LogP contribution is -2.49. The molecular weight excluding hydrogens is 244 g/mol. The van der Waals surface area contributed by atoms with Gasteiger partial charge in [0.2, 0.25) is 12.3 Å². The predicted octanol–water partition coefficient (Wildman–Crippen LogP) is -1.20. The molecule has 2 amide bonds. The van der Waals surface area contributed by atoms with Crippen LogP contribution in [0.25, 0.3) is 0 Å². The van der Waals surface area contributed by atoms with Crippen molar-refractivity contribution >= 4 is 24.3 Å². The second-order valence-electron chi connectivity index (χ2n) is 3.68. The fourth-order valence-corrected chi connectivity index (χ4v) is 1.22. The zero-order chi connectivity index (χ0) is 14.1. The van der Waals surface area contributed by atoms with Gasteiger partial charge in [0, 0.05) is 13.0 Å². The molecule has 0 aliphatic carbocycles. The van der Waals surface area contributed by atoms with Crippen molar-refractivity contribution in [3.63, 3.8) is 0 Å². The molecule has 0 aliphatic heterocycles. The number of nitrogens with one attached hydrogen (secondary N) is 2. The zero-order valence-electron chi connectivity index (χ0n) is 9.88. The Hall–Kier alpha value is -2.12. The standard InChI is InChI=1S/C10H16N2O6/c1-6(10(17)18)8(12-5-13)9(16)11-4-2-3-7(14)15/h5-6,8H,2-4H2,1H3,(H,11,16)(H,12,13)(H,14,15)(H,17,18)/t6?,8-/m0/s1. The van der Waals surface area contributed by atoms with E-state index in [1.807, 2.05) is 0 Å². The number of amides is 2. The van der Waals surface area contributed by atoms with Gasteiger partial charge in [-0.25, -0.2) is 0 Å². The van der Waals surface area contributed by atoms with Crippen LogP contribution in [0, 0.1) is 5.92 Å². The average molecular weight is 260 g/mol. The molecule has 0 heterocycles. The van der Waals surface area contributed by atoms with Gasteiger partial charge >= 0.3 is 11.9 Å². The van der Waals surface area contributed by atoms with E-state index in [2.05, 4.69) is 10.6 Å². The maximum absolute atomic E-state index is 11.6. The van der Waals surface area contributed by atoms with Crippen LogP contribution in [-0.4, -0.2) is 47.1 Å². The van der Waals surface area contributed by atoms with Gasteiger partial charge in [-0.1, -0.05) is 0 Å². The molecule has 2 atom stereocenters. The highest BCUT2D eigenvalue weighted by Crippen LogP contribution is 2.03. The molecule has 0 aliphatic rings. The monoisotopic (exact) mass is 260 g/mol. The topological polar surface area (TPSA) is 133 Å². The molecule has 102 valence electrons. The third kappa shape index (κ3) is 5.83. The zero-order valence-corrected chi connectivity index (χ0v) is 9.88. The van der Waals surface area contributed by atoms with Gasteiger partial charge in [0.1, 0.15) is 6.04 Å². The predicted molar refractivity (Wildman–Crippen MR) is 59.7 cm³/mol. The molecular formula is C10H16N2O6. The Balaban J connectivity index is 4.26. The first-order chi connectivity index (χ1) is 8.40. The minimum absolute atomic E-state index is 0.0967. The second-order valence-corrected chi connectivity index (χ2v) is 3.68. The van der Waals surface area contributed by atoms with Crippen molar-refractivity contribution in [3.8, 4) is 0 Å². The number of hydrogen-bond acceptors (Lipinski definition) is 4. The molecule has 0 saturated carbocycles. The fourth-order valence-electron chi connectivity index (χ4n) is 1.22. The van der Waals surface area contributed by atoms with Crippen molar-refractivity contribution < 1.29 is 29.4 Å². The van der Waals surface area contributed by atoms with Crippen molar-refractivity contribution in [1.29, 1.82) is 0 Å². The number of hydrogen-bond donors (Lipinski definition) is 4. The molecule has 8 nitrogen and oxygen atoms in total. The summed E-state index contributed by atoms with van der Waals surface area (Å²) in [6.45, 7) is 1.40. The Labute approximate surface area is 103 Å². The Morgan fingerprint density at radius 1 is 1.28 bits per heavy atom. The van der Waals surface area contributed by atoms with Crippen LogP contribution < -0.4 is 10.6 Å². The van der Waals surface area contributed by atoms with Crippen molar-refractivity contribution in [2.75, 3.05) is 6.54 Å². The molecule has 0 radical (unpaired) electrons. The normalized spacial score (nSPS) is 13.2. The van der Waals surface area contributed by atoms with E-state index in [-0.39, 0.29) is 25.8 Å². The van der Waals surface area contributed by atoms with Gasteiger partial charge in [0.05, 0.1) is 5.92 Å². The van der Waals surface area contributed by atoms with E-state index in [0.717, 1.165) is 0 Å². The number of carboxylic acids is 2. The molecule has 0 spiro atoms. The Kier molecular flexibility index (Phi) is 7.10. The molecule has 0 fully saturated rings. The van der Waals surface area contributed by atoms with Crippen molar-refractivity contribution in [3.05, 3.63) is 0 Å². The Morgan fingerprint density at radius 2 is 1.89 bits per heavy atom. The van der Waals surface area contributed by atoms with E-state index in [4.69, 9.17) is 10.2 Å². The van der Waals surface area contributed by atoms with Crippen LogP contribution in [0.1, 0.15) is 19.8 Å². The van der Waals surface area contributed by atoms with E-state index < -0.39 is 29.8 Å². The number of carboxylic acid groups (broad SMARTS) is 2. The third-order valence-corrected chi connectivity index (χ3v) is 2.29. The summed E-state index contributed by atoms with van der Waals surface area (Å²) >= 11 is 0. The average Bonchev–Trinajstić information content (AvgIpc) is 2.30. The third-order valence-electron chi connectivity index (χ3n) is 2.29. The van der Waals surface area contributed by atoms with Crippen LogP contribution in [-0.2, 0) is 19.2 Å². The lowest BCUT2D eigenvalue weighted by Gasteiger charge is -2.19. The van der Waals surface area contributed by atoms with Crippen LogP contribution in [0.4, 0.5) is 0 Å². The van der Waals surface area contributed by atoms with Gasteiger partial charge in [-0.2, -0.15) is 0 Å². The van der Waals surface area contributed by atoms with Gasteiger partial charge in [-0.05, 0) is 13.3 Å². The number of carbonyl (C=O) groups excluding carboxylic acids is 2. The van der Waals surface area contributed by atoms with Crippen LogP contribution in [0.15, 0.2) is 0 Å². The summed E-state index contributed by atoms with van der Waals surface area (Å²) in [6.07, 6.45) is 0.387. The molecule has 8 heteroatoms. The van der Waals surface area contributed by atoms with Crippen molar-refractivity contribution in [1.82, 2.24) is 10.6 Å². The van der Waals surface area contributed by atoms with E-state index >= 15 is 0 Å². The van der Waals surface area contributed by atoms with E-state index in [9.17, 15) is 19.2 Å². The van der Waals surface area contributed by atoms with Gasteiger partial charge in [0.25, 0.3) is 0 Å². The van der Waals surface area contributed by atoms with Crippen LogP contribution in [0.5, 0.6) is 0 Å². The first-order valence-corrected chi connectivity index (χ1v) is 5.32. The molecule has 1 unspecified atom stereocenters. The Bertz CT molecular complexity index is 330. The summed E-state index contributed by atoms with van der Waals surface area (Å²) in [5, 5.41) is 21.6. The maximum atomic E-state index is 11.6. The highest BCUT2D eigenvalue weighted by Gasteiger charge is 2.29. The lowest BCUT2D eigenvalue weighted by molar-refractivity contribution is -0.145. The summed E-state index contributed by atoms with van der Waals surface area (Å²) < 4.78 is 0. The summed E-state index contributed by atoms with van der Waals surface area (Å²) in [5.74, 6) is -3.92. The van der Waals surface area contributed by atoms with Gasteiger partial charge < -0.3 is 20.8 Å². The van der Waals surface area contributed by atoms with Crippen molar-refractivity contribution in [2.45, 2.75) is 25.8 Å². The molecule has 0 aromatic carbocycles. The van der Waals surface area contributed by atoms with Gasteiger partial charge in [-0.15, -0.1) is 0 Å². The van der Waals surface area contributed by atoms with Crippen LogP contribution in [0.2, 0.25) is 0 Å². The first kappa shape index (κ1) is 15.9. The van der Waals surface area contributed by atoms with Gasteiger partial charge in [0.15, 0.2) is 0 Å². The summed E-state index contributed by atoms with van der Waals surface area (Å²) in [5.41, 5.74) is 0. The molecule has 18 heavy (non-hydrogen) atoms. The molecule has 0 bridgehead atoms. The highest BCUT2D eigenvalue weighted by molar-refractivity contribution is 5.88. The van der Waals surface area contributed by atoms with Crippen molar-refractivity contribution in [2.24, 2.45) is 5.92 Å². The second kappa shape index (κ2) is 8.04. The van der Waals surface area contributed by atoms with Gasteiger partial charge in [-0.3, -0.25) is 19.2 Å². The summed E-state index contributed by atoms with van der Waals surface area (Å²) in [7, 11) is 0. The maximum Gasteiger partial charge on any atom is 0.308 e. The van der Waals surface area contributed by atoms with Crippen LogP contribution in [0.3, 0.4) is 0 Å². The first-order valence-electron chi connectivity index (χ1n) is 5.32. The molecule has 0 saturated heterocycles. The highest BCUT2D eigenvalue weighted by atomic mass is 16.4. The van der Waals surface area contributed by atoms with E-state index in [1.54, 1.807) is 0 Å². The molecule has 0 rings (SSSR count). The fraction of sp³-hybridized carbons (Fsp3) is 0.600. The Morgan fingerprint density at radius 3 is 2.33 bits per heavy atom. The van der Waals surface area contributed by atoms with E-state index in [0.29, 0.717) is 0 Å². The smallest absolute Gasteiger partial charge is 0.308 e. The number of carbonyl (C=O) groups is 4. The van der Waals surface area contributed by atoms with Crippen LogP contribution >= 0.6 is 0 Å². The summed E-state index contributed by atoms with van der Waals surface area (Å²) in [4.78, 5) is 42.8. The largest absolute Gasteiger partial charge is 0.481 e. The summed E-state index contributed by atoms with van der Waals surface area (Å²) in [6, 6.07) is -1.18. The minimum atomic E-state index is -1.21. The molecule has 0 aromatic heterocycles. The number of rotatable bonds is 9. The van der Waals surface area contributed by atoms with E-state index in [1.165, 1.54) is 6.92 Å². The lowest BCUT2D eigenvalue weighted by atomic mass is 10.0. The SMILES string of the molecule is CC(C(=O)O)[C@H](NC=O)C(=O)NCCCC(=O)O. The molecule has 0 aromatic rings.